The molecular weight excluding hydrogens is 188 g/mol. The minimum atomic E-state index is -0.727. The molecule has 0 aromatic carbocycles. The molecule has 1 N–H and O–H groups in total. The number of hydrogen-bond donors (Lipinski definition) is 1. The largest absolute Gasteiger partial charge is 0.354 e. The molecular formula is C12H18N2O. The van der Waals surface area contributed by atoms with E-state index in [4.69, 9.17) is 5.26 Å². The lowest BCUT2D eigenvalue weighted by atomic mass is 9.63. The first-order valence-corrected chi connectivity index (χ1v) is 5.45. The molecule has 3 nitrogen and oxygen atoms in total. The van der Waals surface area contributed by atoms with Crippen LogP contribution in [-0.2, 0) is 4.79 Å². The minimum Gasteiger partial charge on any atom is -0.354 e. The lowest BCUT2D eigenvalue weighted by Crippen LogP contribution is -2.48. The highest BCUT2D eigenvalue weighted by atomic mass is 16.2. The summed E-state index contributed by atoms with van der Waals surface area (Å²) in [5, 5.41) is 11.8. The normalized spacial score (nSPS) is 29.5. The summed E-state index contributed by atoms with van der Waals surface area (Å²) in [6.45, 7) is 4.65. The number of amides is 1. The number of rotatable bonds is 4. The highest BCUT2D eigenvalue weighted by molar-refractivity contribution is 5.86. The molecule has 3 heteroatoms. The van der Waals surface area contributed by atoms with E-state index in [1.54, 1.807) is 0 Å². The van der Waals surface area contributed by atoms with Crippen molar-refractivity contribution < 1.29 is 4.79 Å². The standard InChI is InChI=1S/C12H18N2O/c1-3-4-5-6-14-11(15)12(9-13)7-10(2)8-12/h3-4,10H,5-8H2,1-2H3,(H,14,15)/b4-3+. The van der Waals surface area contributed by atoms with Gasteiger partial charge in [-0.15, -0.1) is 0 Å². The fraction of sp³-hybridized carbons (Fsp3) is 0.667. The van der Waals surface area contributed by atoms with Crippen molar-refractivity contribution in [2.24, 2.45) is 11.3 Å². The molecule has 1 fully saturated rings. The number of carbonyl (C=O) groups is 1. The van der Waals surface area contributed by atoms with Crippen molar-refractivity contribution in [3.05, 3.63) is 12.2 Å². The van der Waals surface area contributed by atoms with Crippen LogP contribution in [0.25, 0.3) is 0 Å². The highest BCUT2D eigenvalue weighted by Crippen LogP contribution is 2.44. The molecule has 1 aliphatic rings. The second-order valence-electron chi connectivity index (χ2n) is 4.32. The van der Waals surface area contributed by atoms with Gasteiger partial charge < -0.3 is 5.32 Å². The van der Waals surface area contributed by atoms with Crippen LogP contribution in [0.1, 0.15) is 33.1 Å². The molecule has 1 rings (SSSR count). The van der Waals surface area contributed by atoms with Gasteiger partial charge in [0, 0.05) is 6.54 Å². The van der Waals surface area contributed by atoms with Gasteiger partial charge in [0.15, 0.2) is 0 Å². The molecule has 1 saturated carbocycles. The van der Waals surface area contributed by atoms with Gasteiger partial charge in [0.2, 0.25) is 5.91 Å². The fourth-order valence-electron chi connectivity index (χ4n) is 2.06. The summed E-state index contributed by atoms with van der Waals surface area (Å²) < 4.78 is 0. The van der Waals surface area contributed by atoms with Crippen LogP contribution < -0.4 is 5.32 Å². The van der Waals surface area contributed by atoms with E-state index < -0.39 is 5.41 Å². The molecule has 0 unspecified atom stereocenters. The number of hydrogen-bond acceptors (Lipinski definition) is 2. The zero-order valence-corrected chi connectivity index (χ0v) is 9.42. The van der Waals surface area contributed by atoms with E-state index in [-0.39, 0.29) is 5.91 Å². The second-order valence-corrected chi connectivity index (χ2v) is 4.32. The smallest absolute Gasteiger partial charge is 0.240 e. The minimum absolute atomic E-state index is 0.0902. The summed E-state index contributed by atoms with van der Waals surface area (Å²) in [4.78, 5) is 11.7. The fourth-order valence-corrected chi connectivity index (χ4v) is 2.06. The van der Waals surface area contributed by atoms with Crippen LogP contribution in [0.5, 0.6) is 0 Å². The predicted molar refractivity (Wildman–Crippen MR) is 58.9 cm³/mol. The SMILES string of the molecule is C/C=C/CCNC(=O)C1(C#N)CC(C)C1. The molecule has 0 atom stereocenters. The lowest BCUT2D eigenvalue weighted by Gasteiger charge is -2.39. The summed E-state index contributed by atoms with van der Waals surface area (Å²) in [7, 11) is 0. The summed E-state index contributed by atoms with van der Waals surface area (Å²) in [5.74, 6) is 0.415. The number of allylic oxidation sites excluding steroid dienone is 1. The zero-order valence-electron chi connectivity index (χ0n) is 9.42. The van der Waals surface area contributed by atoms with Gasteiger partial charge in [-0.3, -0.25) is 4.79 Å². The van der Waals surface area contributed by atoms with Crippen molar-refractivity contribution in [1.29, 1.82) is 5.26 Å². The van der Waals surface area contributed by atoms with Crippen molar-refractivity contribution in [3.8, 4) is 6.07 Å². The van der Waals surface area contributed by atoms with Gasteiger partial charge in [-0.1, -0.05) is 19.1 Å². The van der Waals surface area contributed by atoms with Gasteiger partial charge >= 0.3 is 0 Å². The van der Waals surface area contributed by atoms with Crippen LogP contribution in [-0.4, -0.2) is 12.5 Å². The van der Waals surface area contributed by atoms with Gasteiger partial charge in [0.25, 0.3) is 0 Å². The molecule has 1 aliphatic carbocycles. The summed E-state index contributed by atoms with van der Waals surface area (Å²) in [6, 6.07) is 2.16. The quantitative estimate of drug-likeness (QED) is 0.565. The third-order valence-corrected chi connectivity index (χ3v) is 2.87. The van der Waals surface area contributed by atoms with E-state index in [9.17, 15) is 4.79 Å². The van der Waals surface area contributed by atoms with Gasteiger partial charge in [0.1, 0.15) is 5.41 Å². The monoisotopic (exact) mass is 206 g/mol. The maximum atomic E-state index is 11.7. The van der Waals surface area contributed by atoms with Crippen LogP contribution >= 0.6 is 0 Å². The molecule has 0 radical (unpaired) electrons. The average Bonchev–Trinajstić information content (AvgIpc) is 2.19. The van der Waals surface area contributed by atoms with Crippen LogP contribution in [0.3, 0.4) is 0 Å². The van der Waals surface area contributed by atoms with Crippen molar-refractivity contribution in [2.75, 3.05) is 6.54 Å². The van der Waals surface area contributed by atoms with E-state index in [0.717, 1.165) is 6.42 Å². The Balaban J connectivity index is 2.36. The Labute approximate surface area is 91.2 Å². The van der Waals surface area contributed by atoms with Crippen molar-refractivity contribution in [3.63, 3.8) is 0 Å². The van der Waals surface area contributed by atoms with E-state index in [1.807, 2.05) is 19.1 Å². The predicted octanol–water partition coefficient (Wildman–Crippen LogP) is 2.01. The van der Waals surface area contributed by atoms with E-state index in [0.29, 0.717) is 25.3 Å². The van der Waals surface area contributed by atoms with Crippen LogP contribution in [0, 0.1) is 22.7 Å². The Morgan fingerprint density at radius 3 is 2.80 bits per heavy atom. The topological polar surface area (TPSA) is 52.9 Å². The first kappa shape index (κ1) is 11.8. The molecule has 0 aromatic rings. The molecule has 0 aliphatic heterocycles. The summed E-state index contributed by atoms with van der Waals surface area (Å²) in [6.07, 6.45) is 6.21. The summed E-state index contributed by atoms with van der Waals surface area (Å²) in [5.41, 5.74) is -0.727. The second kappa shape index (κ2) is 4.97. The molecule has 82 valence electrons. The van der Waals surface area contributed by atoms with E-state index >= 15 is 0 Å². The molecule has 0 saturated heterocycles. The van der Waals surface area contributed by atoms with Gasteiger partial charge in [-0.2, -0.15) is 5.26 Å². The number of nitrogens with zero attached hydrogens (tertiary/aromatic N) is 1. The molecule has 0 spiro atoms. The molecule has 0 heterocycles. The highest BCUT2D eigenvalue weighted by Gasteiger charge is 2.48. The summed E-state index contributed by atoms with van der Waals surface area (Å²) >= 11 is 0. The van der Waals surface area contributed by atoms with Crippen LogP contribution in [0.15, 0.2) is 12.2 Å². The Hall–Kier alpha value is -1.30. The van der Waals surface area contributed by atoms with Gasteiger partial charge in [0.05, 0.1) is 6.07 Å². The maximum Gasteiger partial charge on any atom is 0.240 e. The van der Waals surface area contributed by atoms with Gasteiger partial charge in [-0.05, 0) is 32.1 Å². The van der Waals surface area contributed by atoms with Gasteiger partial charge in [-0.25, -0.2) is 0 Å². The Kier molecular flexibility index (Phi) is 3.90. The molecule has 1 amide bonds. The molecule has 0 aromatic heterocycles. The molecule has 15 heavy (non-hydrogen) atoms. The third-order valence-electron chi connectivity index (χ3n) is 2.87. The lowest BCUT2D eigenvalue weighted by molar-refractivity contribution is -0.133. The van der Waals surface area contributed by atoms with Crippen molar-refractivity contribution in [2.45, 2.75) is 33.1 Å². The Morgan fingerprint density at radius 1 is 1.67 bits per heavy atom. The van der Waals surface area contributed by atoms with E-state index in [1.165, 1.54) is 0 Å². The van der Waals surface area contributed by atoms with Crippen molar-refractivity contribution in [1.82, 2.24) is 5.32 Å². The zero-order chi connectivity index (χ0) is 11.3. The average molecular weight is 206 g/mol. The number of carbonyl (C=O) groups excluding carboxylic acids is 1. The number of nitrogens with one attached hydrogen (secondary N) is 1. The number of nitriles is 1. The van der Waals surface area contributed by atoms with Crippen molar-refractivity contribution >= 4 is 5.91 Å². The first-order chi connectivity index (χ1) is 7.14. The Morgan fingerprint density at radius 2 is 2.33 bits per heavy atom. The van der Waals surface area contributed by atoms with Crippen LogP contribution in [0.4, 0.5) is 0 Å². The van der Waals surface area contributed by atoms with Crippen LogP contribution in [0.2, 0.25) is 0 Å². The Bertz CT molecular complexity index is 295. The molecule has 0 bridgehead atoms. The first-order valence-electron chi connectivity index (χ1n) is 5.45. The maximum absolute atomic E-state index is 11.7. The third kappa shape index (κ3) is 2.59. The van der Waals surface area contributed by atoms with E-state index in [2.05, 4.69) is 18.3 Å².